The van der Waals surface area contributed by atoms with Gasteiger partial charge in [-0.25, -0.2) is 4.79 Å². The molecule has 1 fully saturated rings. The smallest absolute Gasteiger partial charge is 0.338 e. The SMILES string of the molecule is COC(=O)c1cc(N2CC(C(=O)OC)CC2=O)ccc1C. The molecule has 0 N–H and O–H groups in total. The molecule has 0 aliphatic carbocycles. The summed E-state index contributed by atoms with van der Waals surface area (Å²) in [5.41, 5.74) is 1.75. The van der Waals surface area contributed by atoms with Gasteiger partial charge in [0.2, 0.25) is 5.91 Å². The van der Waals surface area contributed by atoms with Gasteiger partial charge in [0, 0.05) is 18.7 Å². The van der Waals surface area contributed by atoms with Gasteiger partial charge < -0.3 is 14.4 Å². The van der Waals surface area contributed by atoms with E-state index in [4.69, 9.17) is 4.74 Å². The van der Waals surface area contributed by atoms with Crippen molar-refractivity contribution in [3.63, 3.8) is 0 Å². The number of hydrogen-bond donors (Lipinski definition) is 0. The number of nitrogens with zero attached hydrogens (tertiary/aromatic N) is 1. The number of esters is 2. The van der Waals surface area contributed by atoms with E-state index in [1.807, 2.05) is 0 Å². The van der Waals surface area contributed by atoms with Gasteiger partial charge in [-0.05, 0) is 24.6 Å². The zero-order valence-electron chi connectivity index (χ0n) is 12.2. The van der Waals surface area contributed by atoms with Crippen LogP contribution in [-0.2, 0) is 19.1 Å². The van der Waals surface area contributed by atoms with Crippen LogP contribution in [0.25, 0.3) is 0 Å². The van der Waals surface area contributed by atoms with Crippen molar-refractivity contribution < 1.29 is 23.9 Å². The summed E-state index contributed by atoms with van der Waals surface area (Å²) in [5.74, 6) is -1.48. The van der Waals surface area contributed by atoms with E-state index < -0.39 is 17.9 Å². The molecule has 1 aromatic rings. The Bertz CT molecular complexity index is 596. The summed E-state index contributed by atoms with van der Waals surface area (Å²) in [4.78, 5) is 36.8. The number of amides is 1. The van der Waals surface area contributed by atoms with Crippen LogP contribution in [0.3, 0.4) is 0 Å². The van der Waals surface area contributed by atoms with Crippen LogP contribution in [0.5, 0.6) is 0 Å². The van der Waals surface area contributed by atoms with Crippen molar-refractivity contribution in [1.82, 2.24) is 0 Å². The van der Waals surface area contributed by atoms with E-state index in [0.717, 1.165) is 5.56 Å². The number of rotatable bonds is 3. The van der Waals surface area contributed by atoms with Gasteiger partial charge in [-0.2, -0.15) is 0 Å². The van der Waals surface area contributed by atoms with Crippen molar-refractivity contribution >= 4 is 23.5 Å². The Hall–Kier alpha value is -2.37. The number of ether oxygens (including phenoxy) is 2. The summed E-state index contributed by atoms with van der Waals surface area (Å²) >= 11 is 0. The maximum absolute atomic E-state index is 12.0. The summed E-state index contributed by atoms with van der Waals surface area (Å²) in [5, 5.41) is 0. The number of aryl methyl sites for hydroxylation is 1. The minimum atomic E-state index is -0.467. The number of benzene rings is 1. The Morgan fingerprint density at radius 1 is 1.24 bits per heavy atom. The first-order valence-electron chi connectivity index (χ1n) is 6.55. The van der Waals surface area contributed by atoms with Crippen LogP contribution in [0.4, 0.5) is 5.69 Å². The van der Waals surface area contributed by atoms with Gasteiger partial charge in [0.25, 0.3) is 0 Å². The van der Waals surface area contributed by atoms with Gasteiger partial charge in [-0.15, -0.1) is 0 Å². The predicted molar refractivity (Wildman–Crippen MR) is 75.0 cm³/mol. The normalized spacial score (nSPS) is 17.8. The number of anilines is 1. The van der Waals surface area contributed by atoms with Crippen molar-refractivity contribution in [1.29, 1.82) is 0 Å². The summed E-state index contributed by atoms with van der Waals surface area (Å²) in [7, 11) is 2.61. The lowest BCUT2D eigenvalue weighted by molar-refractivity contribution is -0.145. The van der Waals surface area contributed by atoms with E-state index in [-0.39, 0.29) is 18.9 Å². The summed E-state index contributed by atoms with van der Waals surface area (Å²) in [6.45, 7) is 2.05. The number of methoxy groups -OCH3 is 2. The summed E-state index contributed by atoms with van der Waals surface area (Å²) in [6.07, 6.45) is 0.119. The fourth-order valence-electron chi connectivity index (χ4n) is 2.39. The molecule has 1 saturated heterocycles. The van der Waals surface area contributed by atoms with Crippen molar-refractivity contribution in [3.05, 3.63) is 29.3 Å². The first-order chi connectivity index (χ1) is 9.97. The Morgan fingerprint density at radius 3 is 2.57 bits per heavy atom. The molecule has 112 valence electrons. The van der Waals surface area contributed by atoms with Crippen LogP contribution in [0.1, 0.15) is 22.3 Å². The van der Waals surface area contributed by atoms with E-state index in [0.29, 0.717) is 11.3 Å². The molecule has 2 rings (SSSR count). The van der Waals surface area contributed by atoms with Crippen LogP contribution >= 0.6 is 0 Å². The number of carbonyl (C=O) groups excluding carboxylic acids is 3. The Kier molecular flexibility index (Phi) is 4.26. The first kappa shape index (κ1) is 15.0. The van der Waals surface area contributed by atoms with E-state index >= 15 is 0 Å². The second kappa shape index (κ2) is 5.95. The van der Waals surface area contributed by atoms with Crippen molar-refractivity contribution in [2.75, 3.05) is 25.7 Å². The zero-order chi connectivity index (χ0) is 15.6. The van der Waals surface area contributed by atoms with Gasteiger partial charge in [0.05, 0.1) is 25.7 Å². The molecule has 1 unspecified atom stereocenters. The van der Waals surface area contributed by atoms with E-state index in [9.17, 15) is 14.4 Å². The minimum Gasteiger partial charge on any atom is -0.469 e. The average molecular weight is 291 g/mol. The molecule has 1 aliphatic rings. The molecule has 0 spiro atoms. The van der Waals surface area contributed by atoms with Crippen LogP contribution < -0.4 is 4.90 Å². The van der Waals surface area contributed by atoms with Crippen molar-refractivity contribution in [2.24, 2.45) is 5.92 Å². The largest absolute Gasteiger partial charge is 0.469 e. The molecule has 1 aliphatic heterocycles. The van der Waals surface area contributed by atoms with Crippen LogP contribution in [0.15, 0.2) is 18.2 Å². The lowest BCUT2D eigenvalue weighted by Crippen LogP contribution is -2.26. The van der Waals surface area contributed by atoms with Crippen LogP contribution in [0.2, 0.25) is 0 Å². The molecular weight excluding hydrogens is 274 g/mol. The molecule has 0 bridgehead atoms. The molecule has 21 heavy (non-hydrogen) atoms. The number of carbonyl (C=O) groups is 3. The molecule has 6 nitrogen and oxygen atoms in total. The maximum atomic E-state index is 12.0. The van der Waals surface area contributed by atoms with Gasteiger partial charge >= 0.3 is 11.9 Å². The number of hydrogen-bond acceptors (Lipinski definition) is 5. The lowest BCUT2D eigenvalue weighted by Gasteiger charge is -2.18. The van der Waals surface area contributed by atoms with Crippen molar-refractivity contribution in [3.8, 4) is 0 Å². The fraction of sp³-hybridized carbons (Fsp3) is 0.400. The average Bonchev–Trinajstić information content (AvgIpc) is 2.88. The molecule has 1 aromatic carbocycles. The molecule has 0 radical (unpaired) electrons. The Balaban J connectivity index is 2.28. The van der Waals surface area contributed by atoms with Gasteiger partial charge in [-0.3, -0.25) is 9.59 Å². The lowest BCUT2D eigenvalue weighted by atomic mass is 10.1. The highest BCUT2D eigenvalue weighted by Crippen LogP contribution is 2.27. The minimum absolute atomic E-state index is 0.119. The molecule has 1 heterocycles. The summed E-state index contributed by atoms with van der Waals surface area (Å²) < 4.78 is 9.40. The Morgan fingerprint density at radius 2 is 1.95 bits per heavy atom. The van der Waals surface area contributed by atoms with E-state index in [1.54, 1.807) is 25.1 Å². The quantitative estimate of drug-likeness (QED) is 0.785. The fourth-order valence-corrected chi connectivity index (χ4v) is 2.39. The van der Waals surface area contributed by atoms with Crippen LogP contribution in [-0.4, -0.2) is 38.6 Å². The molecule has 1 atom stereocenters. The predicted octanol–water partition coefficient (Wildman–Crippen LogP) is 1.31. The third-order valence-corrected chi connectivity index (χ3v) is 3.60. The standard InChI is InChI=1S/C15H17NO5/c1-9-4-5-11(7-12(9)15(19)21-3)16-8-10(6-13(16)17)14(18)20-2/h4-5,7,10H,6,8H2,1-3H3. The zero-order valence-corrected chi connectivity index (χ0v) is 12.2. The third-order valence-electron chi connectivity index (χ3n) is 3.60. The highest BCUT2D eigenvalue weighted by molar-refractivity contribution is 6.01. The second-order valence-corrected chi connectivity index (χ2v) is 4.92. The molecule has 1 amide bonds. The van der Waals surface area contributed by atoms with E-state index in [1.165, 1.54) is 19.1 Å². The summed E-state index contributed by atoms with van der Waals surface area (Å²) in [6, 6.07) is 5.11. The van der Waals surface area contributed by atoms with Gasteiger partial charge in [0.15, 0.2) is 0 Å². The van der Waals surface area contributed by atoms with E-state index in [2.05, 4.69) is 4.74 Å². The van der Waals surface area contributed by atoms with Gasteiger partial charge in [0.1, 0.15) is 0 Å². The highest BCUT2D eigenvalue weighted by atomic mass is 16.5. The molecule has 0 saturated carbocycles. The molecular formula is C15H17NO5. The van der Waals surface area contributed by atoms with Crippen LogP contribution in [0, 0.1) is 12.8 Å². The maximum Gasteiger partial charge on any atom is 0.338 e. The molecule has 6 heteroatoms. The topological polar surface area (TPSA) is 72.9 Å². The highest BCUT2D eigenvalue weighted by Gasteiger charge is 2.36. The van der Waals surface area contributed by atoms with Crippen molar-refractivity contribution in [2.45, 2.75) is 13.3 Å². The molecule has 0 aromatic heterocycles. The van der Waals surface area contributed by atoms with Gasteiger partial charge in [-0.1, -0.05) is 6.07 Å². The Labute approximate surface area is 122 Å². The monoisotopic (exact) mass is 291 g/mol. The first-order valence-corrected chi connectivity index (χ1v) is 6.55. The second-order valence-electron chi connectivity index (χ2n) is 4.92. The third kappa shape index (κ3) is 2.89.